The van der Waals surface area contributed by atoms with E-state index in [-0.39, 0.29) is 56.0 Å². The number of nitrogens with one attached hydrogen (secondary N) is 3. The fourth-order valence-electron chi connectivity index (χ4n) is 7.63. The highest BCUT2D eigenvalue weighted by molar-refractivity contribution is 5.86. The molecule has 4 N–H and O–H groups in total. The third-order valence-electron chi connectivity index (χ3n) is 10.2. The van der Waals surface area contributed by atoms with Gasteiger partial charge < -0.3 is 35.4 Å². The third-order valence-corrected chi connectivity index (χ3v) is 10.2. The number of hydrogen-bond acceptors (Lipinski definition) is 8. The number of nitrogens with zero attached hydrogens (tertiary/aromatic N) is 2. The van der Waals surface area contributed by atoms with E-state index < -0.39 is 30.1 Å². The number of carboxylic acids is 1. The van der Waals surface area contributed by atoms with Gasteiger partial charge in [-0.15, -0.1) is 0 Å². The molecule has 3 aliphatic rings. The Morgan fingerprint density at radius 1 is 0.898 bits per heavy atom. The van der Waals surface area contributed by atoms with Crippen LogP contribution in [0.2, 0.25) is 0 Å². The first-order chi connectivity index (χ1) is 23.9. The predicted octanol–water partition coefficient (Wildman–Crippen LogP) is 4.75. The second-order valence-electron chi connectivity index (χ2n) is 13.6. The molecular weight excluding hydrogens is 626 g/mol. The summed E-state index contributed by atoms with van der Waals surface area (Å²) in [5.41, 5.74) is 0.872. The highest BCUT2D eigenvalue weighted by Gasteiger charge is 2.39. The van der Waals surface area contributed by atoms with E-state index in [0.717, 1.165) is 56.9 Å². The number of carboxylic acid groups (broad SMARTS) is 1. The molecule has 12 nitrogen and oxygen atoms in total. The zero-order chi connectivity index (χ0) is 34.4. The highest BCUT2D eigenvalue weighted by Crippen LogP contribution is 2.40. The number of rotatable bonds is 15. The van der Waals surface area contributed by atoms with E-state index >= 15 is 0 Å². The maximum atomic E-state index is 13.6. The SMILES string of the molecule is O=C(CO[C@@H]1C[C@@H](CNc2ccccn2)N(C(=O)OCc2ccccc2)C1)NC[C@H](NC(=O)C(C1CCCCC1)C1CCCCC1)C(=O)O. The second-order valence-corrected chi connectivity index (χ2v) is 13.6. The standard InChI is InChI=1S/C37H51N5O7/c43-33(40-22-31(36(45)46)41-35(44)34(27-14-6-2-7-15-27)28-16-8-3-9-17-28)25-48-30-20-29(21-39-32-18-10-11-19-38-32)42(23-30)37(47)49-24-26-12-4-1-5-13-26/h1,4-5,10-13,18-19,27-31,34H,2-3,6-9,14-17,20-25H2,(H,38,39)(H,40,43)(H,41,44)(H,45,46)/t29-,30+,31-/m0/s1. The van der Waals surface area contributed by atoms with Crippen LogP contribution in [0.25, 0.3) is 0 Å². The number of amides is 3. The van der Waals surface area contributed by atoms with Crippen LogP contribution < -0.4 is 16.0 Å². The monoisotopic (exact) mass is 677 g/mol. The molecule has 5 rings (SSSR count). The van der Waals surface area contributed by atoms with Gasteiger partial charge in [0.1, 0.15) is 25.1 Å². The number of carbonyl (C=O) groups is 4. The van der Waals surface area contributed by atoms with Gasteiger partial charge in [0.25, 0.3) is 0 Å². The minimum Gasteiger partial charge on any atom is -0.480 e. The number of anilines is 1. The van der Waals surface area contributed by atoms with Crippen LogP contribution in [0.15, 0.2) is 54.7 Å². The van der Waals surface area contributed by atoms with Gasteiger partial charge in [-0.05, 0) is 61.6 Å². The summed E-state index contributed by atoms with van der Waals surface area (Å²) in [6, 6.07) is 13.4. The van der Waals surface area contributed by atoms with Crippen molar-refractivity contribution in [3.8, 4) is 0 Å². The van der Waals surface area contributed by atoms with Crippen LogP contribution in [0.3, 0.4) is 0 Å². The molecule has 2 aromatic rings. The van der Waals surface area contributed by atoms with Gasteiger partial charge in [0, 0.05) is 25.2 Å². The number of likely N-dealkylation sites (tertiary alicyclic amines) is 1. The molecule has 2 saturated carbocycles. The molecule has 1 saturated heterocycles. The normalized spacial score (nSPS) is 20.8. The Bertz CT molecular complexity index is 1330. The zero-order valence-electron chi connectivity index (χ0n) is 28.3. The fraction of sp³-hybridized carbons (Fsp3) is 0.595. The zero-order valence-corrected chi connectivity index (χ0v) is 28.3. The van der Waals surface area contributed by atoms with Gasteiger partial charge in [0.05, 0.1) is 18.7 Å². The summed E-state index contributed by atoms with van der Waals surface area (Å²) in [4.78, 5) is 57.7. The van der Waals surface area contributed by atoms with E-state index in [1.165, 1.54) is 12.8 Å². The number of carbonyl (C=O) groups excluding carboxylic acids is 3. The van der Waals surface area contributed by atoms with Gasteiger partial charge in [0.15, 0.2) is 0 Å². The Kier molecular flexibility index (Phi) is 13.7. The van der Waals surface area contributed by atoms with Gasteiger partial charge in [-0.25, -0.2) is 14.6 Å². The van der Waals surface area contributed by atoms with Gasteiger partial charge in [-0.1, -0.05) is 74.9 Å². The Morgan fingerprint density at radius 3 is 2.20 bits per heavy atom. The number of aliphatic carboxylic acids is 1. The Hall–Kier alpha value is -4.19. The van der Waals surface area contributed by atoms with Gasteiger partial charge in [0.2, 0.25) is 11.8 Å². The summed E-state index contributed by atoms with van der Waals surface area (Å²) >= 11 is 0. The lowest BCUT2D eigenvalue weighted by Crippen LogP contribution is -2.52. The van der Waals surface area contributed by atoms with Gasteiger partial charge >= 0.3 is 12.1 Å². The number of hydrogen-bond donors (Lipinski definition) is 4. The summed E-state index contributed by atoms with van der Waals surface area (Å²) in [6.45, 7) is 0.211. The summed E-state index contributed by atoms with van der Waals surface area (Å²) in [7, 11) is 0. The van der Waals surface area contributed by atoms with Crippen molar-refractivity contribution >= 4 is 29.7 Å². The summed E-state index contributed by atoms with van der Waals surface area (Å²) in [5.74, 6) is -0.849. The van der Waals surface area contributed by atoms with Crippen LogP contribution in [-0.2, 0) is 30.5 Å². The third kappa shape index (κ3) is 10.9. The number of benzene rings is 1. The van der Waals surface area contributed by atoms with E-state index in [1.54, 1.807) is 11.1 Å². The van der Waals surface area contributed by atoms with E-state index in [9.17, 15) is 24.3 Å². The van der Waals surface area contributed by atoms with Crippen molar-refractivity contribution in [1.82, 2.24) is 20.5 Å². The van der Waals surface area contributed by atoms with Gasteiger partial charge in [-0.3, -0.25) is 9.59 Å². The second kappa shape index (κ2) is 18.5. The average Bonchev–Trinajstić information content (AvgIpc) is 3.55. The van der Waals surface area contributed by atoms with Crippen LogP contribution in [0.4, 0.5) is 10.6 Å². The molecule has 266 valence electrons. The molecule has 3 fully saturated rings. The topological polar surface area (TPSA) is 159 Å². The van der Waals surface area contributed by atoms with Crippen LogP contribution in [0, 0.1) is 17.8 Å². The Labute approximate surface area is 288 Å². The average molecular weight is 678 g/mol. The van der Waals surface area contributed by atoms with E-state index in [4.69, 9.17) is 9.47 Å². The quantitative estimate of drug-likeness (QED) is 0.209. The van der Waals surface area contributed by atoms with E-state index in [0.29, 0.717) is 18.8 Å². The molecule has 0 radical (unpaired) electrons. The fourth-order valence-corrected chi connectivity index (χ4v) is 7.63. The summed E-state index contributed by atoms with van der Waals surface area (Å²) in [5, 5.41) is 18.6. The summed E-state index contributed by atoms with van der Waals surface area (Å²) < 4.78 is 11.5. The lowest BCUT2D eigenvalue weighted by molar-refractivity contribution is -0.143. The highest BCUT2D eigenvalue weighted by atomic mass is 16.6. The van der Waals surface area contributed by atoms with E-state index in [2.05, 4.69) is 20.9 Å². The molecule has 3 amide bonds. The molecule has 2 aliphatic carbocycles. The van der Waals surface area contributed by atoms with Crippen molar-refractivity contribution in [2.75, 3.05) is 31.6 Å². The smallest absolute Gasteiger partial charge is 0.410 e. The van der Waals surface area contributed by atoms with Crippen molar-refractivity contribution in [1.29, 1.82) is 0 Å². The molecule has 0 bridgehead atoms. The van der Waals surface area contributed by atoms with Crippen LogP contribution in [-0.4, -0.2) is 83.3 Å². The maximum Gasteiger partial charge on any atom is 0.410 e. The molecular formula is C37H51N5O7. The first-order valence-electron chi connectivity index (χ1n) is 17.9. The maximum absolute atomic E-state index is 13.6. The molecule has 1 aliphatic heterocycles. The number of pyridine rings is 1. The van der Waals surface area contributed by atoms with Crippen molar-refractivity contribution in [2.24, 2.45) is 17.8 Å². The molecule has 1 aromatic carbocycles. The summed E-state index contributed by atoms with van der Waals surface area (Å²) in [6.07, 6.45) is 12.0. The van der Waals surface area contributed by atoms with Crippen LogP contribution >= 0.6 is 0 Å². The molecule has 1 aromatic heterocycles. The van der Waals surface area contributed by atoms with Crippen molar-refractivity contribution in [2.45, 2.75) is 95.4 Å². The van der Waals surface area contributed by atoms with Crippen molar-refractivity contribution < 1.29 is 33.8 Å². The number of aromatic nitrogens is 1. The molecule has 12 heteroatoms. The lowest BCUT2D eigenvalue weighted by Gasteiger charge is -2.37. The Balaban J connectivity index is 1.12. The van der Waals surface area contributed by atoms with Gasteiger partial charge in [-0.2, -0.15) is 0 Å². The molecule has 3 atom stereocenters. The van der Waals surface area contributed by atoms with Crippen molar-refractivity contribution in [3.05, 3.63) is 60.3 Å². The number of ether oxygens (including phenoxy) is 2. The molecule has 0 spiro atoms. The van der Waals surface area contributed by atoms with Crippen LogP contribution in [0.5, 0.6) is 0 Å². The lowest BCUT2D eigenvalue weighted by atomic mass is 9.69. The Morgan fingerprint density at radius 2 is 1.57 bits per heavy atom. The predicted molar refractivity (Wildman–Crippen MR) is 183 cm³/mol. The molecule has 49 heavy (non-hydrogen) atoms. The first-order valence-corrected chi connectivity index (χ1v) is 17.9. The first kappa shape index (κ1) is 36.1. The van der Waals surface area contributed by atoms with Crippen LogP contribution in [0.1, 0.15) is 76.2 Å². The minimum atomic E-state index is -1.24. The van der Waals surface area contributed by atoms with Crippen molar-refractivity contribution in [3.63, 3.8) is 0 Å². The largest absolute Gasteiger partial charge is 0.480 e. The minimum absolute atomic E-state index is 0.133. The van der Waals surface area contributed by atoms with E-state index in [1.807, 2.05) is 48.5 Å². The molecule has 0 unspecified atom stereocenters. The molecule has 2 heterocycles.